The van der Waals surface area contributed by atoms with Gasteiger partial charge in [0.1, 0.15) is 0 Å². The van der Waals surface area contributed by atoms with Gasteiger partial charge in [0.25, 0.3) is 0 Å². The summed E-state index contributed by atoms with van der Waals surface area (Å²) in [5.41, 5.74) is 15.6. The Morgan fingerprint density at radius 1 is 0.913 bits per heavy atom. The van der Waals surface area contributed by atoms with Crippen molar-refractivity contribution in [3.8, 4) is 0 Å². The highest BCUT2D eigenvalue weighted by Crippen LogP contribution is 2.44. The van der Waals surface area contributed by atoms with E-state index in [1.807, 2.05) is 0 Å². The summed E-state index contributed by atoms with van der Waals surface area (Å²) in [7, 11) is 0. The van der Waals surface area contributed by atoms with Crippen LogP contribution in [0.15, 0.2) is 24.3 Å². The minimum Gasteiger partial charge on any atom is -0.313 e. The van der Waals surface area contributed by atoms with E-state index in [1.165, 1.54) is 11.1 Å². The minimum absolute atomic E-state index is 0.406. The molecule has 0 aromatic heterocycles. The molecule has 2 rings (SSSR count). The Bertz CT molecular complexity index is 467. The molecule has 2 unspecified atom stereocenters. The number of hydrogen-bond acceptors (Lipinski definition) is 2. The number of nitrogens with two attached hydrogens (primary N) is 2. The van der Waals surface area contributed by atoms with Crippen molar-refractivity contribution in [1.82, 2.24) is 0 Å². The molecule has 1 fully saturated rings. The maximum atomic E-state index is 6.64. The second-order valence-corrected chi connectivity index (χ2v) is 8.41. The van der Waals surface area contributed by atoms with Crippen LogP contribution in [0.2, 0.25) is 0 Å². The molecule has 0 heterocycles. The van der Waals surface area contributed by atoms with E-state index in [-0.39, 0.29) is 0 Å². The lowest BCUT2D eigenvalue weighted by Crippen LogP contribution is -2.66. The van der Waals surface area contributed by atoms with Gasteiger partial charge in [0.15, 0.2) is 0 Å². The Kier molecular flexibility index (Phi) is 5.91. The molecule has 0 radical (unpaired) electrons. The molecular weight excluding hydrogens is 280 g/mol. The zero-order chi connectivity index (χ0) is 17.2. The molecule has 0 spiro atoms. The Hall–Kier alpha value is -0.860. The Morgan fingerprint density at radius 3 is 1.74 bits per heavy atom. The lowest BCUT2D eigenvalue weighted by atomic mass is 9.60. The summed E-state index contributed by atoms with van der Waals surface area (Å²) in [6.45, 7) is 11.3. The number of benzene rings is 1. The number of hydrogen-bond donors (Lipinski definition) is 2. The molecule has 1 saturated carbocycles. The van der Waals surface area contributed by atoms with Gasteiger partial charge in [-0.3, -0.25) is 0 Å². The van der Waals surface area contributed by atoms with Crippen LogP contribution in [-0.4, -0.2) is 5.66 Å². The molecule has 2 atom stereocenters. The molecule has 0 saturated heterocycles. The SMILES string of the molecule is CCc1ccc(CC2CC(C(C)C)C(N)(N)C(C(C)C)C2)cc1. The van der Waals surface area contributed by atoms with Crippen LogP contribution >= 0.6 is 0 Å². The van der Waals surface area contributed by atoms with E-state index >= 15 is 0 Å². The van der Waals surface area contributed by atoms with Gasteiger partial charge in [-0.2, -0.15) is 0 Å². The van der Waals surface area contributed by atoms with Gasteiger partial charge in [-0.25, -0.2) is 0 Å². The largest absolute Gasteiger partial charge is 0.313 e. The maximum absolute atomic E-state index is 6.64. The summed E-state index contributed by atoms with van der Waals surface area (Å²) in [6, 6.07) is 9.16. The summed E-state index contributed by atoms with van der Waals surface area (Å²) in [6.07, 6.45) is 4.58. The third-order valence-corrected chi connectivity index (χ3v) is 6.02. The molecule has 2 heteroatoms. The maximum Gasteiger partial charge on any atom is 0.0699 e. The van der Waals surface area contributed by atoms with Crippen LogP contribution in [0.1, 0.15) is 58.6 Å². The minimum atomic E-state index is -0.523. The van der Waals surface area contributed by atoms with E-state index < -0.39 is 5.66 Å². The van der Waals surface area contributed by atoms with Crippen LogP contribution in [0.3, 0.4) is 0 Å². The van der Waals surface area contributed by atoms with Crippen LogP contribution in [0, 0.1) is 29.6 Å². The lowest BCUT2D eigenvalue weighted by molar-refractivity contribution is 0.0229. The Morgan fingerprint density at radius 2 is 1.35 bits per heavy atom. The van der Waals surface area contributed by atoms with Gasteiger partial charge in [-0.05, 0) is 66.4 Å². The summed E-state index contributed by atoms with van der Waals surface area (Å²) in [5, 5.41) is 0. The molecule has 4 N–H and O–H groups in total. The van der Waals surface area contributed by atoms with Gasteiger partial charge >= 0.3 is 0 Å². The predicted octanol–water partition coefficient (Wildman–Crippen LogP) is 4.36. The number of aryl methyl sites for hydroxylation is 1. The quantitative estimate of drug-likeness (QED) is 0.793. The lowest BCUT2D eigenvalue weighted by Gasteiger charge is -2.51. The molecule has 1 aliphatic rings. The summed E-state index contributed by atoms with van der Waals surface area (Å²) >= 11 is 0. The monoisotopic (exact) mass is 316 g/mol. The molecular formula is C21H36N2. The highest BCUT2D eigenvalue weighted by molar-refractivity contribution is 5.23. The van der Waals surface area contributed by atoms with Crippen LogP contribution in [0.25, 0.3) is 0 Å². The van der Waals surface area contributed by atoms with Crippen molar-refractivity contribution in [1.29, 1.82) is 0 Å². The second kappa shape index (κ2) is 7.36. The van der Waals surface area contributed by atoms with Gasteiger partial charge in [0.05, 0.1) is 5.66 Å². The fraction of sp³-hybridized carbons (Fsp3) is 0.714. The van der Waals surface area contributed by atoms with E-state index in [4.69, 9.17) is 11.5 Å². The standard InChI is InChI=1S/C21H36N2/c1-6-16-7-9-17(10-8-16)11-18-12-19(14(2)3)21(22,23)20(13-18)15(4)5/h7-10,14-15,18-20H,6,11-13,22-23H2,1-5H3. The molecule has 1 aromatic rings. The molecule has 1 aromatic carbocycles. The normalized spacial score (nSPS) is 27.6. The smallest absolute Gasteiger partial charge is 0.0699 e. The van der Waals surface area contributed by atoms with Crippen molar-refractivity contribution >= 4 is 0 Å². The first kappa shape index (κ1) is 18.5. The van der Waals surface area contributed by atoms with E-state index in [0.717, 1.165) is 25.7 Å². The van der Waals surface area contributed by atoms with Crippen LogP contribution < -0.4 is 11.5 Å². The first-order valence-corrected chi connectivity index (χ1v) is 9.41. The Balaban J connectivity index is 2.15. The van der Waals surface area contributed by atoms with Crippen molar-refractivity contribution in [2.75, 3.05) is 0 Å². The van der Waals surface area contributed by atoms with Crippen molar-refractivity contribution in [2.45, 2.75) is 66.0 Å². The van der Waals surface area contributed by atoms with Gasteiger partial charge in [0, 0.05) is 0 Å². The van der Waals surface area contributed by atoms with Gasteiger partial charge < -0.3 is 11.5 Å². The Labute approximate surface area is 143 Å². The predicted molar refractivity (Wildman–Crippen MR) is 100 cm³/mol. The van der Waals surface area contributed by atoms with Crippen LogP contribution in [-0.2, 0) is 12.8 Å². The van der Waals surface area contributed by atoms with Crippen molar-refractivity contribution < 1.29 is 0 Å². The fourth-order valence-electron chi connectivity index (χ4n) is 4.61. The average molecular weight is 317 g/mol. The third kappa shape index (κ3) is 4.16. The van der Waals surface area contributed by atoms with Crippen LogP contribution in [0.4, 0.5) is 0 Å². The molecule has 0 aliphatic heterocycles. The topological polar surface area (TPSA) is 52.0 Å². The second-order valence-electron chi connectivity index (χ2n) is 8.41. The zero-order valence-electron chi connectivity index (χ0n) is 15.7. The number of rotatable bonds is 5. The molecule has 1 aliphatic carbocycles. The summed E-state index contributed by atoms with van der Waals surface area (Å²) in [4.78, 5) is 0. The molecule has 2 nitrogen and oxygen atoms in total. The first-order valence-electron chi connectivity index (χ1n) is 9.41. The van der Waals surface area contributed by atoms with Gasteiger partial charge in [-0.15, -0.1) is 0 Å². The highest BCUT2D eigenvalue weighted by atomic mass is 15.0. The van der Waals surface area contributed by atoms with Crippen molar-refractivity contribution in [2.24, 2.45) is 41.1 Å². The molecule has 23 heavy (non-hydrogen) atoms. The van der Waals surface area contributed by atoms with E-state index in [1.54, 1.807) is 0 Å². The summed E-state index contributed by atoms with van der Waals surface area (Å²) in [5.74, 6) is 2.59. The fourth-order valence-corrected chi connectivity index (χ4v) is 4.61. The van der Waals surface area contributed by atoms with Gasteiger partial charge in [-0.1, -0.05) is 58.9 Å². The molecule has 0 amide bonds. The van der Waals surface area contributed by atoms with E-state index in [9.17, 15) is 0 Å². The van der Waals surface area contributed by atoms with Crippen LogP contribution in [0.5, 0.6) is 0 Å². The zero-order valence-corrected chi connectivity index (χ0v) is 15.7. The van der Waals surface area contributed by atoms with E-state index in [2.05, 4.69) is 58.9 Å². The third-order valence-electron chi connectivity index (χ3n) is 6.02. The first-order chi connectivity index (χ1) is 10.8. The molecule has 130 valence electrons. The van der Waals surface area contributed by atoms with E-state index in [0.29, 0.717) is 29.6 Å². The highest BCUT2D eigenvalue weighted by Gasteiger charge is 2.46. The summed E-state index contributed by atoms with van der Waals surface area (Å²) < 4.78 is 0. The van der Waals surface area contributed by atoms with Crippen molar-refractivity contribution in [3.63, 3.8) is 0 Å². The van der Waals surface area contributed by atoms with Gasteiger partial charge in [0.2, 0.25) is 0 Å². The molecule has 0 bridgehead atoms. The average Bonchev–Trinajstić information content (AvgIpc) is 2.48. The van der Waals surface area contributed by atoms with Crippen molar-refractivity contribution in [3.05, 3.63) is 35.4 Å².